The summed E-state index contributed by atoms with van der Waals surface area (Å²) in [6.45, 7) is 7.98. The van der Waals surface area contributed by atoms with E-state index in [9.17, 15) is 0 Å². The first-order chi connectivity index (χ1) is 8.13. The monoisotopic (exact) mass is 234 g/mol. The third-order valence-electron chi connectivity index (χ3n) is 3.28. The first-order valence-electron chi connectivity index (χ1n) is 6.73. The third kappa shape index (κ3) is 5.31. The molecule has 0 spiro atoms. The van der Waals surface area contributed by atoms with Crippen molar-refractivity contribution in [3.63, 3.8) is 0 Å². The second-order valence-electron chi connectivity index (χ2n) is 5.24. The summed E-state index contributed by atoms with van der Waals surface area (Å²) in [5.41, 5.74) is 1.19. The fraction of sp³-hybridized carbons (Fsp3) is 0.667. The van der Waals surface area contributed by atoms with Crippen molar-refractivity contribution < 1.29 is 0 Å². The Bertz CT molecular complexity index is 295. The summed E-state index contributed by atoms with van der Waals surface area (Å²) in [6.07, 6.45) is 5.44. The number of aromatic nitrogens is 1. The molecule has 0 saturated carbocycles. The second-order valence-corrected chi connectivity index (χ2v) is 5.24. The molecule has 1 unspecified atom stereocenters. The molecule has 0 N–H and O–H groups in total. The molecule has 2 heteroatoms. The average molecular weight is 234 g/mol. The van der Waals surface area contributed by atoms with Crippen molar-refractivity contribution in [3.05, 3.63) is 30.1 Å². The molecule has 1 aromatic heterocycles. The molecule has 0 fully saturated rings. The minimum Gasteiger partial charge on any atom is -0.303 e. The van der Waals surface area contributed by atoms with Gasteiger partial charge in [0, 0.05) is 30.9 Å². The maximum Gasteiger partial charge on any atom is 0.0416 e. The van der Waals surface area contributed by atoms with E-state index in [1.54, 1.807) is 0 Å². The maximum absolute atomic E-state index is 4.37. The topological polar surface area (TPSA) is 16.1 Å². The molecule has 1 heterocycles. The van der Waals surface area contributed by atoms with Gasteiger partial charge in [-0.25, -0.2) is 0 Å². The lowest BCUT2D eigenvalue weighted by atomic mass is 10.0. The molecule has 17 heavy (non-hydrogen) atoms. The summed E-state index contributed by atoms with van der Waals surface area (Å²) in [7, 11) is 2.24. The zero-order valence-electron chi connectivity index (χ0n) is 11.7. The Labute approximate surface area is 106 Å². The molecule has 0 aromatic carbocycles. The van der Waals surface area contributed by atoms with Crippen LogP contribution in [0.2, 0.25) is 0 Å². The van der Waals surface area contributed by atoms with Crippen molar-refractivity contribution in [1.29, 1.82) is 0 Å². The number of pyridine rings is 1. The van der Waals surface area contributed by atoms with Gasteiger partial charge in [-0.2, -0.15) is 0 Å². The first kappa shape index (κ1) is 14.2. The summed E-state index contributed by atoms with van der Waals surface area (Å²) in [6, 6.07) is 6.85. The largest absolute Gasteiger partial charge is 0.303 e. The molecule has 0 amide bonds. The van der Waals surface area contributed by atoms with E-state index < -0.39 is 0 Å². The number of rotatable bonds is 7. The standard InChI is InChI=1S/C15H26N2/c1-5-15(12-13(2)3)17(4)11-9-14-8-6-7-10-16-14/h6-8,10,13,15H,5,9,11-12H2,1-4H3. The summed E-state index contributed by atoms with van der Waals surface area (Å²) in [5, 5.41) is 0. The Hall–Kier alpha value is -0.890. The van der Waals surface area contributed by atoms with Crippen LogP contribution >= 0.6 is 0 Å². The lowest BCUT2D eigenvalue weighted by Crippen LogP contribution is -2.34. The van der Waals surface area contributed by atoms with Crippen LogP contribution in [0.5, 0.6) is 0 Å². The Morgan fingerprint density at radius 3 is 2.59 bits per heavy atom. The summed E-state index contributed by atoms with van der Waals surface area (Å²) >= 11 is 0. The minimum absolute atomic E-state index is 0.707. The van der Waals surface area contributed by atoms with Crippen LogP contribution in [0.1, 0.15) is 39.3 Å². The molecule has 0 radical (unpaired) electrons. The summed E-state index contributed by atoms with van der Waals surface area (Å²) < 4.78 is 0. The Morgan fingerprint density at radius 2 is 2.06 bits per heavy atom. The van der Waals surface area contributed by atoms with Gasteiger partial charge in [0.2, 0.25) is 0 Å². The Kier molecular flexibility index (Phi) is 6.20. The molecule has 0 aliphatic heterocycles. The summed E-state index contributed by atoms with van der Waals surface area (Å²) in [4.78, 5) is 6.85. The van der Waals surface area contributed by atoms with E-state index in [1.165, 1.54) is 18.5 Å². The highest BCUT2D eigenvalue weighted by molar-refractivity contribution is 5.03. The molecule has 1 rings (SSSR count). The van der Waals surface area contributed by atoms with E-state index in [-0.39, 0.29) is 0 Å². The van der Waals surface area contributed by atoms with Crippen LogP contribution in [0, 0.1) is 5.92 Å². The van der Waals surface area contributed by atoms with E-state index in [1.807, 2.05) is 12.3 Å². The van der Waals surface area contributed by atoms with Gasteiger partial charge >= 0.3 is 0 Å². The number of likely N-dealkylation sites (N-methyl/N-ethyl adjacent to an activating group) is 1. The van der Waals surface area contributed by atoms with Gasteiger partial charge in [0.25, 0.3) is 0 Å². The van der Waals surface area contributed by atoms with Crippen LogP contribution in [0.25, 0.3) is 0 Å². The van der Waals surface area contributed by atoms with Crippen LogP contribution in [-0.4, -0.2) is 29.5 Å². The van der Waals surface area contributed by atoms with Crippen molar-refractivity contribution in [2.24, 2.45) is 5.92 Å². The molecular formula is C15H26N2. The van der Waals surface area contributed by atoms with Crippen LogP contribution < -0.4 is 0 Å². The van der Waals surface area contributed by atoms with Gasteiger partial charge in [0.05, 0.1) is 0 Å². The molecule has 1 atom stereocenters. The second kappa shape index (κ2) is 7.44. The highest BCUT2D eigenvalue weighted by Gasteiger charge is 2.13. The molecule has 1 aromatic rings. The SMILES string of the molecule is CCC(CC(C)C)N(C)CCc1ccccn1. The van der Waals surface area contributed by atoms with Crippen LogP contribution in [0.4, 0.5) is 0 Å². The molecule has 2 nitrogen and oxygen atoms in total. The van der Waals surface area contributed by atoms with Crippen molar-refractivity contribution in [3.8, 4) is 0 Å². The zero-order valence-corrected chi connectivity index (χ0v) is 11.7. The van der Waals surface area contributed by atoms with E-state index >= 15 is 0 Å². The Balaban J connectivity index is 2.39. The summed E-state index contributed by atoms with van der Waals surface area (Å²) in [5.74, 6) is 0.775. The predicted molar refractivity (Wildman–Crippen MR) is 74.1 cm³/mol. The van der Waals surface area contributed by atoms with E-state index in [2.05, 4.69) is 49.8 Å². The van der Waals surface area contributed by atoms with Gasteiger partial charge < -0.3 is 4.90 Å². The van der Waals surface area contributed by atoms with Crippen LogP contribution in [-0.2, 0) is 6.42 Å². The average Bonchev–Trinajstić information content (AvgIpc) is 2.34. The van der Waals surface area contributed by atoms with E-state index in [0.717, 1.165) is 18.9 Å². The maximum atomic E-state index is 4.37. The van der Waals surface area contributed by atoms with Crippen molar-refractivity contribution in [2.45, 2.75) is 46.1 Å². The third-order valence-corrected chi connectivity index (χ3v) is 3.28. The molecular weight excluding hydrogens is 208 g/mol. The molecule has 0 aliphatic carbocycles. The number of nitrogens with zero attached hydrogens (tertiary/aromatic N) is 2. The van der Waals surface area contributed by atoms with Crippen LogP contribution in [0.3, 0.4) is 0 Å². The molecule has 0 saturated heterocycles. The zero-order chi connectivity index (χ0) is 12.7. The highest BCUT2D eigenvalue weighted by atomic mass is 15.1. The lowest BCUT2D eigenvalue weighted by molar-refractivity contribution is 0.209. The fourth-order valence-corrected chi connectivity index (χ4v) is 2.22. The van der Waals surface area contributed by atoms with Gasteiger partial charge in [-0.05, 0) is 37.9 Å². The van der Waals surface area contributed by atoms with Gasteiger partial charge in [-0.15, -0.1) is 0 Å². The minimum atomic E-state index is 0.707. The van der Waals surface area contributed by atoms with Crippen molar-refractivity contribution in [2.75, 3.05) is 13.6 Å². The predicted octanol–water partition coefficient (Wildman–Crippen LogP) is 3.38. The quantitative estimate of drug-likeness (QED) is 0.719. The highest BCUT2D eigenvalue weighted by Crippen LogP contribution is 2.13. The van der Waals surface area contributed by atoms with E-state index in [4.69, 9.17) is 0 Å². The lowest BCUT2D eigenvalue weighted by Gasteiger charge is -2.28. The molecule has 96 valence electrons. The van der Waals surface area contributed by atoms with Gasteiger partial charge in [-0.3, -0.25) is 4.98 Å². The van der Waals surface area contributed by atoms with E-state index in [0.29, 0.717) is 6.04 Å². The van der Waals surface area contributed by atoms with Gasteiger partial charge in [0.15, 0.2) is 0 Å². The molecule has 0 bridgehead atoms. The van der Waals surface area contributed by atoms with Crippen molar-refractivity contribution in [1.82, 2.24) is 9.88 Å². The number of hydrogen-bond acceptors (Lipinski definition) is 2. The van der Waals surface area contributed by atoms with Crippen molar-refractivity contribution >= 4 is 0 Å². The molecule has 0 aliphatic rings. The normalized spacial score (nSPS) is 13.3. The van der Waals surface area contributed by atoms with Gasteiger partial charge in [0.1, 0.15) is 0 Å². The Morgan fingerprint density at radius 1 is 1.29 bits per heavy atom. The van der Waals surface area contributed by atoms with Crippen LogP contribution in [0.15, 0.2) is 24.4 Å². The first-order valence-corrected chi connectivity index (χ1v) is 6.73. The fourth-order valence-electron chi connectivity index (χ4n) is 2.22. The smallest absolute Gasteiger partial charge is 0.0416 e. The number of hydrogen-bond donors (Lipinski definition) is 0. The van der Waals surface area contributed by atoms with Gasteiger partial charge in [-0.1, -0.05) is 26.8 Å².